The second-order valence-corrected chi connectivity index (χ2v) is 8.03. The standard InChI is InChI=1S/C24H15BrF3N3O3/c25-20-8-6-17(34-16-5-7-19(24(26,27)28)15(12-16)13-29)11-14(20)9-10-33-23(32)22-18-3-1-2-4-21(18)30-31-22/h1-8,11-12H,9-10H2,(H,30,31). The molecule has 0 unspecified atom stereocenters. The molecule has 0 bridgehead atoms. The molecule has 34 heavy (non-hydrogen) atoms. The fourth-order valence-electron chi connectivity index (χ4n) is 3.31. The summed E-state index contributed by atoms with van der Waals surface area (Å²) in [5, 5.41) is 16.5. The third-order valence-electron chi connectivity index (χ3n) is 4.94. The Hall–Kier alpha value is -3.84. The molecule has 10 heteroatoms. The first-order valence-electron chi connectivity index (χ1n) is 9.94. The summed E-state index contributed by atoms with van der Waals surface area (Å²) in [5.74, 6) is -0.115. The Balaban J connectivity index is 1.43. The lowest BCUT2D eigenvalue weighted by Crippen LogP contribution is -2.09. The number of nitriles is 1. The lowest BCUT2D eigenvalue weighted by molar-refractivity contribution is -0.137. The predicted octanol–water partition coefficient (Wildman–Crippen LogP) is 6.41. The number of H-pyrrole nitrogens is 1. The number of aromatic nitrogens is 2. The van der Waals surface area contributed by atoms with E-state index in [9.17, 15) is 18.0 Å². The second-order valence-electron chi connectivity index (χ2n) is 7.18. The van der Waals surface area contributed by atoms with Crippen LogP contribution in [0.3, 0.4) is 0 Å². The maximum absolute atomic E-state index is 13.0. The van der Waals surface area contributed by atoms with Crippen LogP contribution in [0.1, 0.15) is 27.2 Å². The minimum Gasteiger partial charge on any atom is -0.461 e. The van der Waals surface area contributed by atoms with Gasteiger partial charge in [-0.25, -0.2) is 4.79 Å². The van der Waals surface area contributed by atoms with Gasteiger partial charge in [-0.2, -0.15) is 23.5 Å². The molecule has 0 amide bonds. The number of hydrogen-bond donors (Lipinski definition) is 1. The van der Waals surface area contributed by atoms with Crippen LogP contribution in [0.2, 0.25) is 0 Å². The van der Waals surface area contributed by atoms with Crippen LogP contribution in [-0.4, -0.2) is 22.8 Å². The molecule has 0 aliphatic rings. The van der Waals surface area contributed by atoms with Gasteiger partial charge in [-0.3, -0.25) is 5.10 Å². The SMILES string of the molecule is N#Cc1cc(Oc2ccc(Br)c(CCOC(=O)c3n[nH]c4ccccc34)c2)ccc1C(F)(F)F. The van der Waals surface area contributed by atoms with Crippen LogP contribution in [0.25, 0.3) is 10.9 Å². The van der Waals surface area contributed by atoms with E-state index >= 15 is 0 Å². The average molecular weight is 530 g/mol. The summed E-state index contributed by atoms with van der Waals surface area (Å²) < 4.78 is 50.7. The molecule has 4 aromatic rings. The molecule has 4 rings (SSSR count). The molecule has 0 aliphatic carbocycles. The first kappa shape index (κ1) is 23.3. The van der Waals surface area contributed by atoms with Crippen molar-refractivity contribution in [2.24, 2.45) is 0 Å². The number of nitrogens with zero attached hydrogens (tertiary/aromatic N) is 2. The second kappa shape index (κ2) is 9.57. The van der Waals surface area contributed by atoms with E-state index in [0.717, 1.165) is 33.8 Å². The lowest BCUT2D eigenvalue weighted by atomic mass is 10.1. The van der Waals surface area contributed by atoms with E-state index in [1.54, 1.807) is 42.5 Å². The summed E-state index contributed by atoms with van der Waals surface area (Å²) in [6.45, 7) is 0.0704. The summed E-state index contributed by atoms with van der Waals surface area (Å²) in [6.07, 6.45) is -4.28. The van der Waals surface area contributed by atoms with Crippen LogP contribution in [0.15, 0.2) is 65.1 Å². The number of hydrogen-bond acceptors (Lipinski definition) is 5. The number of halogens is 4. The number of ether oxygens (including phenoxy) is 2. The topological polar surface area (TPSA) is 88.0 Å². The number of carbonyl (C=O) groups is 1. The summed E-state index contributed by atoms with van der Waals surface area (Å²) in [4.78, 5) is 12.4. The highest BCUT2D eigenvalue weighted by atomic mass is 79.9. The minimum absolute atomic E-state index is 0.0704. The van der Waals surface area contributed by atoms with Crippen molar-refractivity contribution in [2.75, 3.05) is 6.61 Å². The molecule has 1 heterocycles. The molecule has 172 valence electrons. The fraction of sp³-hybridized carbons (Fsp3) is 0.125. The van der Waals surface area contributed by atoms with Gasteiger partial charge in [0.15, 0.2) is 5.69 Å². The van der Waals surface area contributed by atoms with Gasteiger partial charge in [0.1, 0.15) is 11.5 Å². The van der Waals surface area contributed by atoms with Crippen molar-refractivity contribution in [2.45, 2.75) is 12.6 Å². The quantitative estimate of drug-likeness (QED) is 0.291. The lowest BCUT2D eigenvalue weighted by Gasteiger charge is -2.12. The first-order chi connectivity index (χ1) is 16.3. The maximum Gasteiger partial charge on any atom is 0.417 e. The molecule has 3 aromatic carbocycles. The van der Waals surface area contributed by atoms with Crippen LogP contribution in [0.4, 0.5) is 13.2 Å². The largest absolute Gasteiger partial charge is 0.461 e. The van der Waals surface area contributed by atoms with E-state index in [1.807, 2.05) is 6.07 Å². The Morgan fingerprint density at radius 3 is 2.59 bits per heavy atom. The number of carbonyl (C=O) groups excluding carboxylic acids is 1. The van der Waals surface area contributed by atoms with Gasteiger partial charge in [-0.15, -0.1) is 0 Å². The van der Waals surface area contributed by atoms with Crippen LogP contribution < -0.4 is 4.74 Å². The number of alkyl halides is 3. The van der Waals surface area contributed by atoms with Crippen molar-refractivity contribution in [3.05, 3.63) is 87.5 Å². The van der Waals surface area contributed by atoms with Crippen LogP contribution in [-0.2, 0) is 17.3 Å². The zero-order valence-corrected chi connectivity index (χ0v) is 18.9. The Kier molecular flexibility index (Phi) is 6.56. The van der Waals surface area contributed by atoms with Crippen LogP contribution in [0.5, 0.6) is 11.5 Å². The summed E-state index contributed by atoms with van der Waals surface area (Å²) in [5.41, 5.74) is 0.127. The average Bonchev–Trinajstić information content (AvgIpc) is 3.24. The first-order valence-corrected chi connectivity index (χ1v) is 10.7. The van der Waals surface area contributed by atoms with Crippen LogP contribution >= 0.6 is 15.9 Å². The third kappa shape index (κ3) is 5.05. The van der Waals surface area contributed by atoms with Gasteiger partial charge < -0.3 is 9.47 Å². The van der Waals surface area contributed by atoms with Crippen molar-refractivity contribution in [1.82, 2.24) is 10.2 Å². The monoisotopic (exact) mass is 529 g/mol. The molecule has 0 spiro atoms. The van der Waals surface area contributed by atoms with Crippen molar-refractivity contribution < 1.29 is 27.4 Å². The Morgan fingerprint density at radius 1 is 1.09 bits per heavy atom. The highest BCUT2D eigenvalue weighted by molar-refractivity contribution is 9.10. The normalized spacial score (nSPS) is 11.3. The smallest absolute Gasteiger partial charge is 0.417 e. The number of rotatable bonds is 6. The van der Waals surface area contributed by atoms with Crippen molar-refractivity contribution in [1.29, 1.82) is 5.26 Å². The molecule has 0 atom stereocenters. The number of esters is 1. The highest BCUT2D eigenvalue weighted by Gasteiger charge is 2.33. The van der Waals surface area contributed by atoms with Crippen molar-refractivity contribution >= 4 is 32.8 Å². The molecule has 1 N–H and O–H groups in total. The molecule has 0 radical (unpaired) electrons. The predicted molar refractivity (Wildman–Crippen MR) is 120 cm³/mol. The van der Waals surface area contributed by atoms with Gasteiger partial charge in [0.2, 0.25) is 0 Å². The van der Waals surface area contributed by atoms with Gasteiger partial charge in [-0.1, -0.05) is 34.1 Å². The Morgan fingerprint density at radius 2 is 1.82 bits per heavy atom. The number of benzene rings is 3. The summed E-state index contributed by atoms with van der Waals surface area (Å²) in [6, 6.07) is 16.8. The van der Waals surface area contributed by atoms with Crippen molar-refractivity contribution in [3.63, 3.8) is 0 Å². The molecule has 0 saturated carbocycles. The minimum atomic E-state index is -4.63. The number of fused-ring (bicyclic) bond motifs is 1. The fourth-order valence-corrected chi connectivity index (χ4v) is 3.75. The van der Waals surface area contributed by atoms with Gasteiger partial charge in [-0.05, 0) is 48.0 Å². The Bertz CT molecular complexity index is 1410. The molecule has 1 aromatic heterocycles. The van der Waals surface area contributed by atoms with Gasteiger partial charge >= 0.3 is 12.1 Å². The molecule has 0 fully saturated rings. The van der Waals surface area contributed by atoms with Gasteiger partial charge in [0.25, 0.3) is 0 Å². The molecule has 0 saturated heterocycles. The Labute approximate surface area is 200 Å². The van der Waals surface area contributed by atoms with Gasteiger partial charge in [0, 0.05) is 16.3 Å². The molecule has 0 aliphatic heterocycles. The van der Waals surface area contributed by atoms with E-state index in [0.29, 0.717) is 17.6 Å². The number of nitrogens with one attached hydrogen (secondary N) is 1. The molecular weight excluding hydrogens is 515 g/mol. The third-order valence-corrected chi connectivity index (χ3v) is 5.71. The van der Waals surface area contributed by atoms with E-state index in [1.165, 1.54) is 0 Å². The number of aromatic amines is 1. The highest BCUT2D eigenvalue weighted by Crippen LogP contribution is 2.35. The van der Waals surface area contributed by atoms with E-state index < -0.39 is 23.3 Å². The summed E-state index contributed by atoms with van der Waals surface area (Å²) in [7, 11) is 0. The van der Waals surface area contributed by atoms with E-state index in [4.69, 9.17) is 14.7 Å². The maximum atomic E-state index is 13.0. The zero-order valence-electron chi connectivity index (χ0n) is 17.3. The molecule has 6 nitrogen and oxygen atoms in total. The van der Waals surface area contributed by atoms with E-state index in [-0.39, 0.29) is 18.1 Å². The van der Waals surface area contributed by atoms with Gasteiger partial charge in [0.05, 0.1) is 29.3 Å². The number of para-hydroxylation sites is 1. The zero-order chi connectivity index (χ0) is 24.3. The molecular formula is C24H15BrF3N3O3. The van der Waals surface area contributed by atoms with Crippen LogP contribution in [0, 0.1) is 11.3 Å². The van der Waals surface area contributed by atoms with E-state index in [2.05, 4.69) is 26.1 Å². The summed E-state index contributed by atoms with van der Waals surface area (Å²) >= 11 is 3.43. The van der Waals surface area contributed by atoms with Crippen molar-refractivity contribution in [3.8, 4) is 17.6 Å².